The van der Waals surface area contributed by atoms with E-state index in [1.54, 1.807) is 6.92 Å². The fraction of sp³-hybridized carbons (Fsp3) is 0.909. The maximum absolute atomic E-state index is 11.9. The van der Waals surface area contributed by atoms with E-state index in [1.807, 2.05) is 0 Å². The molecule has 1 rings (SSSR count). The summed E-state index contributed by atoms with van der Waals surface area (Å²) in [7, 11) is -1.81. The Bertz CT molecular complexity index is 371. The first kappa shape index (κ1) is 14.4. The van der Waals surface area contributed by atoms with Crippen LogP contribution in [0.5, 0.6) is 0 Å². The molecule has 0 unspecified atom stereocenters. The molecule has 0 saturated heterocycles. The van der Waals surface area contributed by atoms with Gasteiger partial charge >= 0.3 is 5.97 Å². The molecule has 0 aliphatic heterocycles. The van der Waals surface area contributed by atoms with Gasteiger partial charge in [0.05, 0.1) is 12.2 Å². The van der Waals surface area contributed by atoms with E-state index in [1.165, 1.54) is 11.4 Å². The minimum absolute atomic E-state index is 0.0187. The van der Waals surface area contributed by atoms with Crippen molar-refractivity contribution in [1.29, 1.82) is 0 Å². The van der Waals surface area contributed by atoms with Gasteiger partial charge in [0.15, 0.2) is 0 Å². The number of hydrogen-bond acceptors (Lipinski definition) is 3. The summed E-state index contributed by atoms with van der Waals surface area (Å²) >= 11 is 0. The van der Waals surface area contributed by atoms with Crippen LogP contribution in [0.2, 0.25) is 0 Å². The molecule has 5 nitrogen and oxygen atoms in total. The molecule has 1 aliphatic rings. The quantitative estimate of drug-likeness (QED) is 0.814. The molecule has 1 aliphatic carbocycles. The van der Waals surface area contributed by atoms with Crippen molar-refractivity contribution in [3.63, 3.8) is 0 Å². The molecule has 0 heterocycles. The lowest BCUT2D eigenvalue weighted by molar-refractivity contribution is -0.140. The molecule has 1 saturated carbocycles. The first-order chi connectivity index (χ1) is 7.84. The van der Waals surface area contributed by atoms with Crippen molar-refractivity contribution in [2.75, 3.05) is 12.8 Å². The number of carboxylic acids is 1. The van der Waals surface area contributed by atoms with Crippen LogP contribution in [-0.2, 0) is 14.8 Å². The minimum Gasteiger partial charge on any atom is -0.481 e. The topological polar surface area (TPSA) is 74.7 Å². The van der Waals surface area contributed by atoms with Gasteiger partial charge in [-0.15, -0.1) is 0 Å². The Hall–Kier alpha value is -0.620. The van der Waals surface area contributed by atoms with E-state index >= 15 is 0 Å². The summed E-state index contributed by atoms with van der Waals surface area (Å²) in [6, 6.07) is 0. The van der Waals surface area contributed by atoms with Gasteiger partial charge in [-0.2, -0.15) is 4.31 Å². The van der Waals surface area contributed by atoms with Gasteiger partial charge in [-0.1, -0.05) is 19.3 Å². The number of sulfonamides is 1. The van der Waals surface area contributed by atoms with Crippen molar-refractivity contribution in [3.05, 3.63) is 0 Å². The second kappa shape index (κ2) is 5.35. The molecule has 17 heavy (non-hydrogen) atoms. The Labute approximate surface area is 103 Å². The number of rotatable bonds is 5. The number of nitrogens with zero attached hydrogens (tertiary/aromatic N) is 1. The molecular formula is C11H21NO4S. The van der Waals surface area contributed by atoms with E-state index in [0.29, 0.717) is 12.8 Å². The number of aliphatic carboxylic acids is 1. The summed E-state index contributed by atoms with van der Waals surface area (Å²) in [5.41, 5.74) is -0.709. The highest BCUT2D eigenvalue weighted by Crippen LogP contribution is 2.37. The Balaban J connectivity index is 3.01. The summed E-state index contributed by atoms with van der Waals surface area (Å²) in [5, 5.41) is 9.00. The third-order valence-corrected chi connectivity index (χ3v) is 5.67. The number of carboxylic acid groups (broad SMARTS) is 1. The number of hydrogen-bond donors (Lipinski definition) is 1. The Kier molecular flexibility index (Phi) is 4.55. The highest BCUT2D eigenvalue weighted by molar-refractivity contribution is 7.89. The third kappa shape index (κ3) is 3.19. The minimum atomic E-state index is -3.33. The van der Waals surface area contributed by atoms with Gasteiger partial charge in [-0.3, -0.25) is 4.79 Å². The largest absolute Gasteiger partial charge is 0.481 e. The van der Waals surface area contributed by atoms with E-state index < -0.39 is 21.5 Å². The molecule has 0 bridgehead atoms. The number of carbonyl (C=O) groups is 1. The van der Waals surface area contributed by atoms with Crippen LogP contribution >= 0.6 is 0 Å². The molecule has 0 radical (unpaired) electrons. The molecule has 100 valence electrons. The molecule has 6 heteroatoms. The summed E-state index contributed by atoms with van der Waals surface area (Å²) in [5.74, 6) is -0.907. The lowest BCUT2D eigenvalue weighted by Crippen LogP contribution is -2.52. The van der Waals surface area contributed by atoms with E-state index in [2.05, 4.69) is 0 Å². The third-order valence-electron chi connectivity index (χ3n) is 3.71. The molecule has 0 aromatic heterocycles. The predicted molar refractivity (Wildman–Crippen MR) is 65.3 cm³/mol. The van der Waals surface area contributed by atoms with Crippen molar-refractivity contribution < 1.29 is 18.3 Å². The zero-order chi connectivity index (χ0) is 13.1. The normalized spacial score (nSPS) is 20.4. The highest BCUT2D eigenvalue weighted by Gasteiger charge is 2.42. The van der Waals surface area contributed by atoms with Crippen LogP contribution in [0.4, 0.5) is 0 Å². The second-order valence-electron chi connectivity index (χ2n) is 4.72. The van der Waals surface area contributed by atoms with Crippen LogP contribution in [0.1, 0.15) is 45.4 Å². The first-order valence-electron chi connectivity index (χ1n) is 6.02. The molecule has 0 aromatic rings. The average Bonchev–Trinajstić information content (AvgIpc) is 2.28. The molecule has 0 aromatic carbocycles. The summed E-state index contributed by atoms with van der Waals surface area (Å²) in [4.78, 5) is 11.0. The smallest absolute Gasteiger partial charge is 0.305 e. The van der Waals surface area contributed by atoms with Gasteiger partial charge in [0.25, 0.3) is 0 Å². The van der Waals surface area contributed by atoms with E-state index in [4.69, 9.17) is 5.11 Å². The Morgan fingerprint density at radius 3 is 2.24 bits per heavy atom. The molecule has 0 atom stereocenters. The summed E-state index contributed by atoms with van der Waals surface area (Å²) in [6.07, 6.45) is 4.06. The van der Waals surface area contributed by atoms with Crippen molar-refractivity contribution in [1.82, 2.24) is 4.31 Å². The van der Waals surface area contributed by atoms with E-state index in [9.17, 15) is 13.2 Å². The van der Waals surface area contributed by atoms with Crippen molar-refractivity contribution in [2.24, 2.45) is 0 Å². The molecular weight excluding hydrogens is 242 g/mol. The fourth-order valence-electron chi connectivity index (χ4n) is 2.58. The lowest BCUT2D eigenvalue weighted by atomic mass is 9.79. The standard InChI is InChI=1S/C11H21NO4S/c1-3-17(15,16)12(2)11(9-10(13)14)7-5-4-6-8-11/h3-9H2,1-2H3,(H,13,14). The van der Waals surface area contributed by atoms with E-state index in [-0.39, 0.29) is 12.2 Å². The van der Waals surface area contributed by atoms with E-state index in [0.717, 1.165) is 19.3 Å². The average molecular weight is 263 g/mol. The fourth-order valence-corrected chi connectivity index (χ4v) is 3.81. The predicted octanol–water partition coefficient (Wildman–Crippen LogP) is 1.45. The lowest BCUT2D eigenvalue weighted by Gasteiger charge is -2.42. The molecule has 1 N–H and O–H groups in total. The SMILES string of the molecule is CCS(=O)(=O)N(C)C1(CC(=O)O)CCCCC1. The van der Waals surface area contributed by atoms with Crippen LogP contribution in [0.15, 0.2) is 0 Å². The second-order valence-corrected chi connectivity index (χ2v) is 7.01. The maximum atomic E-state index is 11.9. The highest BCUT2D eigenvalue weighted by atomic mass is 32.2. The first-order valence-corrected chi connectivity index (χ1v) is 7.63. The van der Waals surface area contributed by atoms with Crippen molar-refractivity contribution >= 4 is 16.0 Å². The molecule has 1 fully saturated rings. The Morgan fingerprint density at radius 2 is 1.82 bits per heavy atom. The van der Waals surface area contributed by atoms with Gasteiger partial charge in [-0.05, 0) is 19.8 Å². The van der Waals surface area contributed by atoms with Crippen molar-refractivity contribution in [2.45, 2.75) is 51.0 Å². The van der Waals surface area contributed by atoms with Crippen LogP contribution < -0.4 is 0 Å². The van der Waals surface area contributed by atoms with Gasteiger partial charge in [0.1, 0.15) is 0 Å². The van der Waals surface area contributed by atoms with Crippen LogP contribution in [0.25, 0.3) is 0 Å². The molecule has 0 amide bonds. The van der Waals surface area contributed by atoms with Crippen LogP contribution in [-0.4, -0.2) is 42.1 Å². The Morgan fingerprint density at radius 1 is 1.29 bits per heavy atom. The molecule has 0 spiro atoms. The van der Waals surface area contributed by atoms with Gasteiger partial charge in [0, 0.05) is 12.6 Å². The van der Waals surface area contributed by atoms with Gasteiger partial charge in [0.2, 0.25) is 10.0 Å². The van der Waals surface area contributed by atoms with Gasteiger partial charge in [-0.25, -0.2) is 8.42 Å². The van der Waals surface area contributed by atoms with Crippen LogP contribution in [0.3, 0.4) is 0 Å². The zero-order valence-corrected chi connectivity index (χ0v) is 11.3. The van der Waals surface area contributed by atoms with Crippen LogP contribution in [0, 0.1) is 0 Å². The van der Waals surface area contributed by atoms with Gasteiger partial charge < -0.3 is 5.11 Å². The summed E-state index contributed by atoms with van der Waals surface area (Å²) < 4.78 is 25.1. The monoisotopic (exact) mass is 263 g/mol. The van der Waals surface area contributed by atoms with Crippen molar-refractivity contribution in [3.8, 4) is 0 Å². The summed E-state index contributed by atoms with van der Waals surface area (Å²) in [6.45, 7) is 1.59. The maximum Gasteiger partial charge on any atom is 0.305 e. The zero-order valence-electron chi connectivity index (χ0n) is 10.5.